The zero-order valence-corrected chi connectivity index (χ0v) is 21.2. The Labute approximate surface area is 220 Å². The van der Waals surface area contributed by atoms with E-state index >= 15 is 0 Å². The van der Waals surface area contributed by atoms with Crippen molar-refractivity contribution in [3.63, 3.8) is 0 Å². The number of anilines is 1. The molecule has 2 aliphatic rings. The van der Waals surface area contributed by atoms with E-state index in [9.17, 15) is 4.79 Å². The summed E-state index contributed by atoms with van der Waals surface area (Å²) in [6.45, 7) is 2.40. The van der Waals surface area contributed by atoms with Gasteiger partial charge in [-0.05, 0) is 31.2 Å². The molecule has 2 aliphatic heterocycles. The van der Waals surface area contributed by atoms with Gasteiger partial charge in [-0.2, -0.15) is 4.99 Å². The number of para-hydroxylation sites is 3. The molecule has 1 atom stereocenters. The van der Waals surface area contributed by atoms with Gasteiger partial charge in [0.1, 0.15) is 30.0 Å². The Bertz CT molecular complexity index is 1430. The number of hydrogen-bond acceptors (Lipinski definition) is 6. The molecule has 3 aromatic rings. The van der Waals surface area contributed by atoms with Crippen LogP contribution in [0.2, 0.25) is 5.02 Å². The molecular weight excluding hydrogens is 490 g/mol. The summed E-state index contributed by atoms with van der Waals surface area (Å²) in [4.78, 5) is 22.9. The minimum Gasteiger partial charge on any atom is -0.496 e. The summed E-state index contributed by atoms with van der Waals surface area (Å²) in [5.41, 5.74) is 3.51. The molecule has 5 rings (SSSR count). The molecule has 2 heterocycles. The normalized spacial score (nSPS) is 17.6. The number of nitrogens with zero attached hydrogens (tertiary/aromatic N) is 2. The molecule has 0 spiro atoms. The number of fused-ring (bicyclic) bond motifs is 1. The van der Waals surface area contributed by atoms with E-state index in [1.165, 1.54) is 0 Å². The number of hydrogen-bond donors (Lipinski definition) is 3. The highest BCUT2D eigenvalue weighted by Gasteiger charge is 2.31. The largest absolute Gasteiger partial charge is 0.496 e. The Kier molecular flexibility index (Phi) is 7.09. The van der Waals surface area contributed by atoms with Crippen LogP contribution >= 0.6 is 11.6 Å². The SMILES string of the molecule is COc1ccccc1CNC(=O)C1=C(C)NC(N=C2COc3ccccc3N2)=NC1c1ccccc1Cl. The maximum Gasteiger partial charge on any atom is 0.251 e. The van der Waals surface area contributed by atoms with Gasteiger partial charge in [0.05, 0.1) is 18.4 Å². The lowest BCUT2D eigenvalue weighted by Gasteiger charge is -2.27. The number of amides is 1. The number of carbonyl (C=O) groups is 1. The van der Waals surface area contributed by atoms with Gasteiger partial charge in [0.25, 0.3) is 5.91 Å². The summed E-state index contributed by atoms with van der Waals surface area (Å²) < 4.78 is 11.2. The van der Waals surface area contributed by atoms with Crippen molar-refractivity contribution < 1.29 is 14.3 Å². The summed E-state index contributed by atoms with van der Waals surface area (Å²) in [6.07, 6.45) is 0. The monoisotopic (exact) mass is 515 g/mol. The lowest BCUT2D eigenvalue weighted by atomic mass is 9.95. The van der Waals surface area contributed by atoms with Crippen LogP contribution in [0.4, 0.5) is 5.69 Å². The van der Waals surface area contributed by atoms with Gasteiger partial charge in [-0.3, -0.25) is 4.79 Å². The van der Waals surface area contributed by atoms with Gasteiger partial charge in [-0.25, -0.2) is 4.99 Å². The van der Waals surface area contributed by atoms with E-state index in [2.05, 4.69) is 20.9 Å². The lowest BCUT2D eigenvalue weighted by molar-refractivity contribution is -0.118. The van der Waals surface area contributed by atoms with Crippen molar-refractivity contribution in [2.24, 2.45) is 9.98 Å². The van der Waals surface area contributed by atoms with Crippen LogP contribution in [-0.2, 0) is 11.3 Å². The van der Waals surface area contributed by atoms with Gasteiger partial charge >= 0.3 is 0 Å². The summed E-state index contributed by atoms with van der Waals surface area (Å²) >= 11 is 6.55. The smallest absolute Gasteiger partial charge is 0.251 e. The van der Waals surface area contributed by atoms with Crippen LogP contribution < -0.4 is 25.4 Å². The molecule has 9 heteroatoms. The van der Waals surface area contributed by atoms with Crippen LogP contribution in [0.1, 0.15) is 24.1 Å². The number of halogens is 1. The highest BCUT2D eigenvalue weighted by Crippen LogP contribution is 2.35. The second kappa shape index (κ2) is 10.8. The van der Waals surface area contributed by atoms with Crippen molar-refractivity contribution in [3.8, 4) is 11.5 Å². The topological polar surface area (TPSA) is 96.3 Å². The van der Waals surface area contributed by atoms with Gasteiger partial charge in [-0.15, -0.1) is 0 Å². The van der Waals surface area contributed by atoms with E-state index in [1.807, 2.05) is 73.7 Å². The average molecular weight is 516 g/mol. The molecule has 0 bridgehead atoms. The molecule has 3 aromatic carbocycles. The zero-order chi connectivity index (χ0) is 25.8. The summed E-state index contributed by atoms with van der Waals surface area (Å²) in [6, 6.07) is 21.9. The third-order valence-corrected chi connectivity index (χ3v) is 6.42. The van der Waals surface area contributed by atoms with Crippen LogP contribution in [0.5, 0.6) is 11.5 Å². The van der Waals surface area contributed by atoms with Crippen molar-refractivity contribution in [2.75, 3.05) is 19.0 Å². The predicted molar refractivity (Wildman–Crippen MR) is 145 cm³/mol. The maximum atomic E-state index is 13.5. The molecule has 0 saturated heterocycles. The van der Waals surface area contributed by atoms with Crippen LogP contribution in [0.25, 0.3) is 0 Å². The van der Waals surface area contributed by atoms with Crippen LogP contribution in [0, 0.1) is 0 Å². The van der Waals surface area contributed by atoms with E-state index in [0.717, 1.165) is 17.0 Å². The first kappa shape index (κ1) is 24.4. The lowest BCUT2D eigenvalue weighted by Crippen LogP contribution is -2.37. The summed E-state index contributed by atoms with van der Waals surface area (Å²) in [5, 5.41) is 9.97. The summed E-state index contributed by atoms with van der Waals surface area (Å²) in [7, 11) is 1.61. The van der Waals surface area contributed by atoms with E-state index in [0.29, 0.717) is 45.9 Å². The van der Waals surface area contributed by atoms with Crippen LogP contribution in [0.3, 0.4) is 0 Å². The Morgan fingerprint density at radius 1 is 1.11 bits per heavy atom. The number of benzene rings is 3. The van der Waals surface area contributed by atoms with Gasteiger partial charge < -0.3 is 25.4 Å². The molecule has 0 fully saturated rings. The number of guanidine groups is 1. The molecule has 0 aliphatic carbocycles. The minimum atomic E-state index is -0.649. The van der Waals surface area contributed by atoms with Gasteiger partial charge in [0.2, 0.25) is 5.96 Å². The molecule has 0 radical (unpaired) electrons. The Hall–Kier alpha value is -4.30. The summed E-state index contributed by atoms with van der Waals surface area (Å²) in [5.74, 6) is 2.16. The number of ether oxygens (including phenoxy) is 2. The molecule has 188 valence electrons. The molecule has 0 saturated carbocycles. The first-order valence-corrected chi connectivity index (χ1v) is 12.2. The van der Waals surface area contributed by atoms with Gasteiger partial charge in [-0.1, -0.05) is 60.1 Å². The molecule has 0 aromatic heterocycles. The number of methoxy groups -OCH3 is 1. The van der Waals surface area contributed by atoms with Crippen molar-refractivity contribution >= 4 is 35.0 Å². The average Bonchev–Trinajstić information content (AvgIpc) is 2.92. The predicted octanol–water partition coefficient (Wildman–Crippen LogP) is 4.84. The van der Waals surface area contributed by atoms with Crippen molar-refractivity contribution in [1.82, 2.24) is 10.6 Å². The number of aliphatic imine (C=N–C) groups is 2. The Morgan fingerprint density at radius 2 is 1.86 bits per heavy atom. The zero-order valence-electron chi connectivity index (χ0n) is 20.4. The number of carbonyl (C=O) groups excluding carboxylic acids is 1. The van der Waals surface area contributed by atoms with Crippen LogP contribution in [0.15, 0.2) is 94.1 Å². The fraction of sp³-hybridized carbons (Fsp3) is 0.179. The fourth-order valence-electron chi connectivity index (χ4n) is 4.27. The minimum absolute atomic E-state index is 0.260. The highest BCUT2D eigenvalue weighted by atomic mass is 35.5. The number of allylic oxidation sites excluding steroid dienone is 1. The number of rotatable bonds is 5. The Morgan fingerprint density at radius 3 is 2.70 bits per heavy atom. The van der Waals surface area contributed by atoms with E-state index < -0.39 is 6.04 Å². The third kappa shape index (κ3) is 5.29. The molecule has 37 heavy (non-hydrogen) atoms. The van der Waals surface area contributed by atoms with Gasteiger partial charge in [0, 0.05) is 28.4 Å². The van der Waals surface area contributed by atoms with Crippen LogP contribution in [-0.4, -0.2) is 31.4 Å². The first-order valence-electron chi connectivity index (χ1n) is 11.8. The highest BCUT2D eigenvalue weighted by molar-refractivity contribution is 6.31. The fourth-order valence-corrected chi connectivity index (χ4v) is 4.51. The number of amidine groups is 1. The van der Waals surface area contributed by atoms with Crippen molar-refractivity contribution in [1.29, 1.82) is 0 Å². The van der Waals surface area contributed by atoms with Gasteiger partial charge in [0.15, 0.2) is 0 Å². The molecular formula is C28H26ClN5O3. The van der Waals surface area contributed by atoms with Crippen molar-refractivity contribution in [3.05, 3.63) is 100 Å². The molecule has 8 nitrogen and oxygen atoms in total. The first-order chi connectivity index (χ1) is 18.0. The Balaban J connectivity index is 1.43. The third-order valence-electron chi connectivity index (χ3n) is 6.08. The molecule has 3 N–H and O–H groups in total. The standard InChI is InChI=1S/C28H26ClN5O3/c1-17-25(27(35)30-15-18-9-3-7-13-22(18)36-2)26(19-10-4-5-11-20(19)29)34-28(31-17)33-24-16-37-23-14-8-6-12-21(23)32-24/h3-14,26H,15-16H2,1-2H3,(H,30,35)(H2,31,32,33,34). The van der Waals surface area contributed by atoms with E-state index in [4.69, 9.17) is 26.1 Å². The van der Waals surface area contributed by atoms with Crippen molar-refractivity contribution in [2.45, 2.75) is 19.5 Å². The second-order valence-corrected chi connectivity index (χ2v) is 8.91. The van der Waals surface area contributed by atoms with E-state index in [-0.39, 0.29) is 12.5 Å². The maximum absolute atomic E-state index is 13.5. The molecule has 1 amide bonds. The quantitative estimate of drug-likeness (QED) is 0.452. The molecule has 1 unspecified atom stereocenters. The van der Waals surface area contributed by atoms with E-state index in [1.54, 1.807) is 13.2 Å². The second-order valence-electron chi connectivity index (χ2n) is 8.50. The number of nitrogens with one attached hydrogen (secondary N) is 3.